The number of primary amides is 1. The second kappa shape index (κ2) is 7.33. The van der Waals surface area contributed by atoms with Gasteiger partial charge in [-0.3, -0.25) is 4.79 Å². The molecule has 0 heterocycles. The second-order valence-electron chi connectivity index (χ2n) is 5.69. The van der Waals surface area contributed by atoms with Crippen molar-refractivity contribution >= 4 is 28.5 Å². The second-order valence-corrected chi connectivity index (χ2v) is 15.2. The smallest absolute Gasteiger partial charge is 0.306 e. The molecule has 0 unspecified atom stereocenters. The van der Waals surface area contributed by atoms with Crippen LogP contribution in [0.4, 0.5) is 9.59 Å². The van der Waals surface area contributed by atoms with Gasteiger partial charge in [0.1, 0.15) is 16.5 Å². The average Bonchev–Trinajstić information content (AvgIpc) is 1.96. The molecule has 0 saturated heterocycles. The van der Waals surface area contributed by atoms with Crippen LogP contribution in [-0.2, 0) is 0 Å². The van der Waals surface area contributed by atoms with Gasteiger partial charge < -0.3 is 21.0 Å². The Morgan fingerprint density at radius 1 is 0.882 bits per heavy atom. The lowest BCUT2D eigenvalue weighted by Crippen LogP contribution is -2.49. The normalized spacial score (nSPS) is 10.8. The molecule has 4 amide bonds. The minimum absolute atomic E-state index is 0.0748. The predicted molar refractivity (Wildman–Crippen MR) is 77.0 cm³/mol. The number of hydrogen-bond donors (Lipinski definition) is 4. The van der Waals surface area contributed by atoms with E-state index < -0.39 is 22.5 Å². The molecule has 102 valence electrons. The summed E-state index contributed by atoms with van der Waals surface area (Å²) >= 11 is 0. The van der Waals surface area contributed by atoms with Crippen molar-refractivity contribution in [2.75, 3.05) is 7.05 Å². The standard InChI is InChI=1S/C5H14N2OSi.C4H12N2OSi/c1-6-5(8)7-9(2,3)4;1-8(2,3)6-4(5)7/h1-4H3,(H2,6,7,8);1-3H3,(H3,5,6,7). The van der Waals surface area contributed by atoms with Gasteiger partial charge in [0.25, 0.3) is 0 Å². The van der Waals surface area contributed by atoms with Crippen molar-refractivity contribution in [3.05, 3.63) is 0 Å². The van der Waals surface area contributed by atoms with Crippen LogP contribution in [0.15, 0.2) is 0 Å². The van der Waals surface area contributed by atoms with Gasteiger partial charge in [0.2, 0.25) is 0 Å². The highest BCUT2D eigenvalue weighted by Gasteiger charge is 2.15. The van der Waals surface area contributed by atoms with Crippen LogP contribution in [0.3, 0.4) is 0 Å². The molecule has 0 aromatic heterocycles. The van der Waals surface area contributed by atoms with Crippen molar-refractivity contribution in [1.82, 2.24) is 15.3 Å². The summed E-state index contributed by atoms with van der Waals surface area (Å²) in [5.74, 6) is 0. The Labute approximate surface area is 106 Å². The zero-order chi connectivity index (χ0) is 14.3. The molecule has 0 saturated carbocycles. The van der Waals surface area contributed by atoms with Gasteiger partial charge in [-0.05, 0) is 0 Å². The monoisotopic (exact) mass is 278 g/mol. The summed E-state index contributed by atoms with van der Waals surface area (Å²) in [5, 5.41) is 2.51. The van der Waals surface area contributed by atoms with Crippen molar-refractivity contribution < 1.29 is 9.59 Å². The summed E-state index contributed by atoms with van der Waals surface area (Å²) in [6, 6.07) is -0.488. The first-order valence-corrected chi connectivity index (χ1v) is 12.4. The van der Waals surface area contributed by atoms with Crippen LogP contribution >= 0.6 is 0 Å². The molecule has 5 N–H and O–H groups in total. The third-order valence-corrected chi connectivity index (χ3v) is 3.19. The van der Waals surface area contributed by atoms with Crippen LogP contribution in [-0.4, -0.2) is 35.6 Å². The molecular formula is C9H26N4O2Si2. The number of nitrogens with two attached hydrogens (primary N) is 1. The molecule has 8 heteroatoms. The van der Waals surface area contributed by atoms with Gasteiger partial charge in [-0.25, -0.2) is 4.79 Å². The van der Waals surface area contributed by atoms with E-state index in [0.29, 0.717) is 0 Å². The lowest BCUT2D eigenvalue weighted by atomic mass is 11.0. The topological polar surface area (TPSA) is 96.2 Å². The van der Waals surface area contributed by atoms with E-state index >= 15 is 0 Å². The van der Waals surface area contributed by atoms with E-state index in [1.807, 2.05) is 19.6 Å². The van der Waals surface area contributed by atoms with Crippen molar-refractivity contribution in [2.45, 2.75) is 39.3 Å². The molecule has 0 aliphatic heterocycles. The number of amides is 4. The maximum absolute atomic E-state index is 10.6. The van der Waals surface area contributed by atoms with E-state index in [1.165, 1.54) is 0 Å². The number of hydrogen-bond acceptors (Lipinski definition) is 2. The molecule has 0 rings (SSSR count). The molecule has 0 bridgehead atoms. The Kier molecular flexibility index (Phi) is 7.91. The van der Waals surface area contributed by atoms with Gasteiger partial charge in [-0.2, -0.15) is 0 Å². The molecule has 0 radical (unpaired) electrons. The minimum Gasteiger partial charge on any atom is -0.365 e. The Morgan fingerprint density at radius 3 is 1.29 bits per heavy atom. The highest BCUT2D eigenvalue weighted by atomic mass is 28.3. The van der Waals surface area contributed by atoms with Crippen LogP contribution < -0.4 is 21.0 Å². The number of nitrogens with one attached hydrogen (secondary N) is 3. The quantitative estimate of drug-likeness (QED) is 0.572. The average molecular weight is 279 g/mol. The molecule has 0 aromatic rings. The van der Waals surface area contributed by atoms with Gasteiger partial charge >= 0.3 is 12.1 Å². The molecule has 0 aliphatic rings. The van der Waals surface area contributed by atoms with Crippen LogP contribution in [0.25, 0.3) is 0 Å². The summed E-state index contributed by atoms with van der Waals surface area (Å²) in [5.41, 5.74) is 4.86. The lowest BCUT2D eigenvalue weighted by Gasteiger charge is -2.16. The summed E-state index contributed by atoms with van der Waals surface area (Å²) in [7, 11) is -1.23. The molecule has 0 spiro atoms. The maximum atomic E-state index is 10.6. The van der Waals surface area contributed by atoms with Gasteiger partial charge in [0.05, 0.1) is 0 Å². The number of carbonyl (C=O) groups excluding carboxylic acids is 2. The summed E-state index contributed by atoms with van der Waals surface area (Å²) in [6.07, 6.45) is 0. The van der Waals surface area contributed by atoms with E-state index in [9.17, 15) is 9.59 Å². The maximum Gasteiger partial charge on any atom is 0.306 e. The van der Waals surface area contributed by atoms with Gasteiger partial charge in [-0.15, -0.1) is 0 Å². The van der Waals surface area contributed by atoms with E-state index in [2.05, 4.69) is 34.9 Å². The Bertz CT molecular complexity index is 259. The first-order valence-electron chi connectivity index (χ1n) is 5.45. The Hall–Kier alpha value is -1.03. The van der Waals surface area contributed by atoms with E-state index in [0.717, 1.165) is 0 Å². The molecule has 0 atom stereocenters. The largest absolute Gasteiger partial charge is 0.365 e. The zero-order valence-corrected chi connectivity index (χ0v) is 13.9. The van der Waals surface area contributed by atoms with Gasteiger partial charge in [-0.1, -0.05) is 39.3 Å². The summed E-state index contributed by atoms with van der Waals surface area (Å²) in [4.78, 5) is 26.3. The fourth-order valence-corrected chi connectivity index (χ4v) is 2.32. The van der Waals surface area contributed by atoms with Crippen molar-refractivity contribution in [2.24, 2.45) is 5.73 Å². The molecule has 17 heavy (non-hydrogen) atoms. The van der Waals surface area contributed by atoms with Crippen molar-refractivity contribution in [3.8, 4) is 0 Å². The predicted octanol–water partition coefficient (Wildman–Crippen LogP) is 1.24. The van der Waals surface area contributed by atoms with Crippen LogP contribution in [0.2, 0.25) is 39.3 Å². The highest BCUT2D eigenvalue weighted by Crippen LogP contribution is 1.92. The summed E-state index contributed by atoms with van der Waals surface area (Å²) < 4.78 is 0. The first kappa shape index (κ1) is 18.3. The number of rotatable bonds is 2. The minimum atomic E-state index is -1.44. The fraction of sp³-hybridized carbons (Fsp3) is 0.778. The van der Waals surface area contributed by atoms with Crippen LogP contribution in [0.1, 0.15) is 0 Å². The van der Waals surface area contributed by atoms with E-state index in [-0.39, 0.29) is 6.03 Å². The van der Waals surface area contributed by atoms with E-state index in [1.54, 1.807) is 7.05 Å². The number of carbonyl (C=O) groups is 2. The SMILES string of the molecule is CNC(=O)N[Si](C)(C)C.C[Si](C)(C)NC(N)=O. The van der Waals surface area contributed by atoms with E-state index in [4.69, 9.17) is 5.73 Å². The van der Waals surface area contributed by atoms with Crippen LogP contribution in [0, 0.1) is 0 Å². The van der Waals surface area contributed by atoms with Crippen molar-refractivity contribution in [1.29, 1.82) is 0 Å². The summed E-state index contributed by atoms with van der Waals surface area (Å²) in [6.45, 7) is 12.2. The third kappa shape index (κ3) is 20.9. The highest BCUT2D eigenvalue weighted by molar-refractivity contribution is 6.76. The van der Waals surface area contributed by atoms with Gasteiger partial charge in [0.15, 0.2) is 0 Å². The molecule has 0 aliphatic carbocycles. The van der Waals surface area contributed by atoms with Crippen molar-refractivity contribution in [3.63, 3.8) is 0 Å². The molecular weight excluding hydrogens is 252 g/mol. The van der Waals surface area contributed by atoms with Gasteiger partial charge in [0, 0.05) is 7.05 Å². The third-order valence-electron chi connectivity index (χ3n) is 1.21. The first-order chi connectivity index (χ1) is 7.37. The lowest BCUT2D eigenvalue weighted by molar-refractivity contribution is 0.247. The Balaban J connectivity index is 0. The molecule has 0 fully saturated rings. The number of urea groups is 2. The Morgan fingerprint density at radius 2 is 1.24 bits per heavy atom. The molecule has 0 aromatic carbocycles. The fourth-order valence-electron chi connectivity index (χ4n) is 0.773. The van der Waals surface area contributed by atoms with Crippen LogP contribution in [0.5, 0.6) is 0 Å². The molecule has 6 nitrogen and oxygen atoms in total. The zero-order valence-electron chi connectivity index (χ0n) is 11.9.